The van der Waals surface area contributed by atoms with Crippen LogP contribution < -0.4 is 5.32 Å². The lowest BCUT2D eigenvalue weighted by atomic mass is 10.2. The fraction of sp³-hybridized carbons (Fsp3) is 0.500. The molecule has 1 aromatic heterocycles. The van der Waals surface area contributed by atoms with Gasteiger partial charge in [-0.3, -0.25) is 4.98 Å². The molecule has 1 saturated heterocycles. The summed E-state index contributed by atoms with van der Waals surface area (Å²) >= 11 is 0. The van der Waals surface area contributed by atoms with E-state index in [-0.39, 0.29) is 6.04 Å². The van der Waals surface area contributed by atoms with Crippen LogP contribution in [0.1, 0.15) is 11.3 Å². The number of nitrogens with one attached hydrogen (secondary N) is 1. The molecule has 0 atom stereocenters. The van der Waals surface area contributed by atoms with Crippen molar-refractivity contribution in [1.82, 2.24) is 10.3 Å². The molecule has 16 heavy (non-hydrogen) atoms. The van der Waals surface area contributed by atoms with Crippen LogP contribution in [0.5, 0.6) is 0 Å². The van der Waals surface area contributed by atoms with Gasteiger partial charge in [-0.2, -0.15) is 13.2 Å². The minimum atomic E-state index is -4.38. The summed E-state index contributed by atoms with van der Waals surface area (Å²) in [6, 6.07) is 2.89. The van der Waals surface area contributed by atoms with Gasteiger partial charge in [0.1, 0.15) is 5.69 Å². The minimum absolute atomic E-state index is 0.252. The van der Waals surface area contributed by atoms with Gasteiger partial charge >= 0.3 is 6.18 Å². The third-order valence-electron chi connectivity index (χ3n) is 2.35. The first-order valence-corrected chi connectivity index (χ1v) is 4.89. The molecule has 2 heterocycles. The van der Waals surface area contributed by atoms with E-state index in [1.165, 1.54) is 6.20 Å². The van der Waals surface area contributed by atoms with Crippen LogP contribution in [0.3, 0.4) is 0 Å². The average Bonchev–Trinajstić information content (AvgIpc) is 2.14. The van der Waals surface area contributed by atoms with E-state index in [2.05, 4.69) is 10.3 Å². The number of nitrogens with zero attached hydrogens (tertiary/aromatic N) is 1. The Balaban J connectivity index is 1.98. The molecule has 0 amide bonds. The van der Waals surface area contributed by atoms with Crippen molar-refractivity contribution >= 4 is 0 Å². The highest BCUT2D eigenvalue weighted by Crippen LogP contribution is 2.27. The van der Waals surface area contributed by atoms with Crippen LogP contribution in [0.2, 0.25) is 0 Å². The number of rotatable bonds is 3. The molecule has 0 spiro atoms. The zero-order chi connectivity index (χ0) is 11.6. The summed E-state index contributed by atoms with van der Waals surface area (Å²) in [7, 11) is 0. The van der Waals surface area contributed by atoms with Gasteiger partial charge in [0.05, 0.1) is 19.3 Å². The molecule has 0 radical (unpaired) electrons. The molecule has 88 valence electrons. The largest absolute Gasteiger partial charge is 0.433 e. The van der Waals surface area contributed by atoms with Gasteiger partial charge in [-0.1, -0.05) is 0 Å². The maximum absolute atomic E-state index is 12.3. The Labute approximate surface area is 90.6 Å². The summed E-state index contributed by atoms with van der Waals surface area (Å²) in [5, 5.41) is 3.09. The predicted molar refractivity (Wildman–Crippen MR) is 50.7 cm³/mol. The highest BCUT2D eigenvalue weighted by atomic mass is 19.4. The number of hydrogen-bond donors (Lipinski definition) is 1. The summed E-state index contributed by atoms with van der Waals surface area (Å²) in [6.07, 6.45) is -3.20. The summed E-state index contributed by atoms with van der Waals surface area (Å²) in [5.74, 6) is 0. The highest BCUT2D eigenvalue weighted by molar-refractivity contribution is 5.18. The van der Waals surface area contributed by atoms with Crippen molar-refractivity contribution in [3.05, 3.63) is 29.6 Å². The Morgan fingerprint density at radius 2 is 2.19 bits per heavy atom. The van der Waals surface area contributed by atoms with Crippen molar-refractivity contribution in [3.63, 3.8) is 0 Å². The molecule has 0 aromatic carbocycles. The topological polar surface area (TPSA) is 34.1 Å². The Bertz CT molecular complexity index is 363. The molecular weight excluding hydrogens is 221 g/mol. The molecule has 0 unspecified atom stereocenters. The smallest absolute Gasteiger partial charge is 0.378 e. The van der Waals surface area contributed by atoms with Crippen molar-refractivity contribution in [3.8, 4) is 0 Å². The number of pyridine rings is 1. The SMILES string of the molecule is FC(F)(F)c1cc(CNC2COC2)ccn1. The van der Waals surface area contributed by atoms with Gasteiger partial charge in [0.15, 0.2) is 0 Å². The molecule has 0 saturated carbocycles. The van der Waals surface area contributed by atoms with Crippen LogP contribution in [-0.2, 0) is 17.5 Å². The maximum Gasteiger partial charge on any atom is 0.433 e. The van der Waals surface area contributed by atoms with Gasteiger partial charge in [0, 0.05) is 12.7 Å². The number of aromatic nitrogens is 1. The quantitative estimate of drug-likeness (QED) is 0.859. The summed E-state index contributed by atoms with van der Waals surface area (Å²) in [6.45, 7) is 1.65. The monoisotopic (exact) mass is 232 g/mol. The fourth-order valence-corrected chi connectivity index (χ4v) is 1.36. The second-order valence-electron chi connectivity index (χ2n) is 3.66. The Kier molecular flexibility index (Phi) is 3.11. The Morgan fingerprint density at radius 3 is 2.75 bits per heavy atom. The first kappa shape index (κ1) is 11.3. The van der Waals surface area contributed by atoms with E-state index in [4.69, 9.17) is 4.74 Å². The van der Waals surface area contributed by atoms with Crippen LogP contribution in [-0.4, -0.2) is 24.2 Å². The molecule has 6 heteroatoms. The second kappa shape index (κ2) is 4.39. The number of alkyl halides is 3. The van der Waals surface area contributed by atoms with Crippen molar-refractivity contribution in [1.29, 1.82) is 0 Å². The van der Waals surface area contributed by atoms with Crippen LogP contribution in [0.15, 0.2) is 18.3 Å². The number of ether oxygens (including phenoxy) is 1. The van der Waals surface area contributed by atoms with Gasteiger partial charge in [0.2, 0.25) is 0 Å². The zero-order valence-corrected chi connectivity index (χ0v) is 8.42. The molecule has 0 bridgehead atoms. The average molecular weight is 232 g/mol. The lowest BCUT2D eigenvalue weighted by Crippen LogP contribution is -2.45. The molecule has 1 aliphatic rings. The van der Waals surface area contributed by atoms with Gasteiger partial charge in [-0.15, -0.1) is 0 Å². The van der Waals surface area contributed by atoms with Gasteiger partial charge < -0.3 is 10.1 Å². The standard InChI is InChI=1S/C10H11F3N2O/c11-10(12,13)9-3-7(1-2-14-9)4-15-8-5-16-6-8/h1-3,8,15H,4-6H2. The lowest BCUT2D eigenvalue weighted by molar-refractivity contribution is -0.141. The normalized spacial score (nSPS) is 17.2. The molecule has 1 N–H and O–H groups in total. The van der Waals surface area contributed by atoms with Crippen LogP contribution in [0.25, 0.3) is 0 Å². The van der Waals surface area contributed by atoms with Gasteiger partial charge in [-0.05, 0) is 17.7 Å². The van der Waals surface area contributed by atoms with Gasteiger partial charge in [-0.25, -0.2) is 0 Å². The van der Waals surface area contributed by atoms with E-state index in [0.29, 0.717) is 25.3 Å². The first-order chi connectivity index (χ1) is 7.55. The predicted octanol–water partition coefficient (Wildman–Crippen LogP) is 1.59. The lowest BCUT2D eigenvalue weighted by Gasteiger charge is -2.27. The summed E-state index contributed by atoms with van der Waals surface area (Å²) < 4.78 is 42.0. The summed E-state index contributed by atoms with van der Waals surface area (Å²) in [4.78, 5) is 3.29. The van der Waals surface area contributed by atoms with E-state index in [1.807, 2.05) is 0 Å². The minimum Gasteiger partial charge on any atom is -0.378 e. The van der Waals surface area contributed by atoms with E-state index in [0.717, 1.165) is 6.07 Å². The maximum atomic E-state index is 12.3. The van der Waals surface area contributed by atoms with E-state index in [1.54, 1.807) is 6.07 Å². The van der Waals surface area contributed by atoms with E-state index in [9.17, 15) is 13.2 Å². The Morgan fingerprint density at radius 1 is 1.44 bits per heavy atom. The van der Waals surface area contributed by atoms with Gasteiger partial charge in [0.25, 0.3) is 0 Å². The van der Waals surface area contributed by atoms with Crippen molar-refractivity contribution in [2.75, 3.05) is 13.2 Å². The third-order valence-corrected chi connectivity index (χ3v) is 2.35. The molecule has 3 nitrogen and oxygen atoms in total. The zero-order valence-electron chi connectivity index (χ0n) is 8.42. The van der Waals surface area contributed by atoms with Crippen molar-refractivity contribution in [2.24, 2.45) is 0 Å². The number of halogens is 3. The first-order valence-electron chi connectivity index (χ1n) is 4.89. The van der Waals surface area contributed by atoms with Crippen LogP contribution in [0.4, 0.5) is 13.2 Å². The van der Waals surface area contributed by atoms with E-state index >= 15 is 0 Å². The molecular formula is C10H11F3N2O. The second-order valence-corrected chi connectivity index (χ2v) is 3.66. The summed E-state index contributed by atoms with van der Waals surface area (Å²) in [5.41, 5.74) is -0.272. The molecule has 0 aliphatic carbocycles. The highest BCUT2D eigenvalue weighted by Gasteiger charge is 2.32. The molecule has 1 aromatic rings. The third kappa shape index (κ3) is 2.70. The Hall–Kier alpha value is -1.14. The fourth-order valence-electron chi connectivity index (χ4n) is 1.36. The van der Waals surface area contributed by atoms with Crippen molar-refractivity contribution in [2.45, 2.75) is 18.8 Å². The van der Waals surface area contributed by atoms with Crippen molar-refractivity contribution < 1.29 is 17.9 Å². The molecule has 1 aliphatic heterocycles. The number of hydrogen-bond acceptors (Lipinski definition) is 3. The molecule has 2 rings (SSSR count). The van der Waals surface area contributed by atoms with Crippen LogP contribution >= 0.6 is 0 Å². The van der Waals surface area contributed by atoms with E-state index < -0.39 is 11.9 Å². The van der Waals surface area contributed by atoms with Crippen LogP contribution in [0, 0.1) is 0 Å². The molecule has 1 fully saturated rings.